The van der Waals surface area contributed by atoms with Crippen LogP contribution in [0, 0.1) is 0 Å². The number of rotatable bonds is 3. The van der Waals surface area contributed by atoms with Crippen molar-refractivity contribution in [3.8, 4) is 0 Å². The molecule has 0 aliphatic carbocycles. The lowest BCUT2D eigenvalue weighted by Crippen LogP contribution is -2.27. The van der Waals surface area contributed by atoms with Crippen LogP contribution >= 0.6 is 0 Å². The van der Waals surface area contributed by atoms with Gasteiger partial charge in [-0.2, -0.15) is 0 Å². The van der Waals surface area contributed by atoms with Gasteiger partial charge in [0.2, 0.25) is 0 Å². The molecule has 1 saturated heterocycles. The fourth-order valence-electron chi connectivity index (χ4n) is 0.635. The molecular weight excluding hydrogens is 118 g/mol. The van der Waals surface area contributed by atoms with Gasteiger partial charge in [-0.05, 0) is 0 Å². The van der Waals surface area contributed by atoms with E-state index in [-0.39, 0.29) is 6.10 Å². The van der Waals surface area contributed by atoms with E-state index in [2.05, 4.69) is 19.2 Å². The third kappa shape index (κ3) is 2.30. The van der Waals surface area contributed by atoms with Crippen LogP contribution in [0.4, 0.5) is 0 Å². The third-order valence-corrected chi connectivity index (χ3v) is 1.28. The topological polar surface area (TPSA) is 44.8 Å². The molecule has 2 unspecified atom stereocenters. The van der Waals surface area contributed by atoms with Crippen molar-refractivity contribution < 1.29 is 9.84 Å². The van der Waals surface area contributed by atoms with Crippen molar-refractivity contribution in [3.05, 3.63) is 0 Å². The lowest BCUT2D eigenvalue weighted by molar-refractivity contribution is 0.156. The predicted molar refractivity (Wildman–Crippen MR) is 34.0 cm³/mol. The first-order valence-electron chi connectivity index (χ1n) is 3.27. The zero-order valence-electron chi connectivity index (χ0n) is 5.79. The van der Waals surface area contributed by atoms with Crippen molar-refractivity contribution in [3.63, 3.8) is 0 Å². The molecule has 3 nitrogen and oxygen atoms in total. The summed E-state index contributed by atoms with van der Waals surface area (Å²) in [6.45, 7) is 4.89. The summed E-state index contributed by atoms with van der Waals surface area (Å²) in [5, 5.41) is 11.8. The van der Waals surface area contributed by atoms with Crippen molar-refractivity contribution >= 4 is 0 Å². The molecule has 0 aromatic rings. The molecule has 0 radical (unpaired) electrons. The molecular formula is C6H13NO2. The second-order valence-corrected chi connectivity index (χ2v) is 2.63. The molecule has 0 aromatic carbocycles. The van der Waals surface area contributed by atoms with E-state index in [1.807, 2.05) is 0 Å². The van der Waals surface area contributed by atoms with Gasteiger partial charge < -0.3 is 15.2 Å². The highest BCUT2D eigenvalue weighted by Gasteiger charge is 2.36. The van der Waals surface area contributed by atoms with Gasteiger partial charge in [-0.15, -0.1) is 0 Å². The van der Waals surface area contributed by atoms with Crippen LogP contribution in [-0.4, -0.2) is 30.1 Å². The van der Waals surface area contributed by atoms with Crippen LogP contribution in [0.1, 0.15) is 13.8 Å². The number of aliphatic hydroxyl groups is 1. The van der Waals surface area contributed by atoms with Crippen LogP contribution in [0.15, 0.2) is 0 Å². The number of ether oxygens (including phenoxy) is 1. The summed E-state index contributed by atoms with van der Waals surface area (Å²) < 4.78 is 4.76. The van der Waals surface area contributed by atoms with E-state index < -0.39 is 6.29 Å². The van der Waals surface area contributed by atoms with Crippen LogP contribution in [0.25, 0.3) is 0 Å². The first-order chi connectivity index (χ1) is 4.20. The number of epoxide rings is 1. The van der Waals surface area contributed by atoms with Crippen molar-refractivity contribution in [1.82, 2.24) is 5.32 Å². The Kier molecular flexibility index (Phi) is 2.05. The van der Waals surface area contributed by atoms with Gasteiger partial charge in [0.25, 0.3) is 0 Å². The molecule has 0 bridgehead atoms. The maximum atomic E-state index is 8.68. The summed E-state index contributed by atoms with van der Waals surface area (Å²) in [6.07, 6.45) is -0.455. The van der Waals surface area contributed by atoms with Gasteiger partial charge in [-0.25, -0.2) is 0 Å². The van der Waals surface area contributed by atoms with E-state index in [4.69, 9.17) is 9.84 Å². The lowest BCUT2D eigenvalue weighted by Gasteiger charge is -2.03. The first kappa shape index (κ1) is 6.99. The summed E-state index contributed by atoms with van der Waals surface area (Å²) in [7, 11) is 0. The monoisotopic (exact) mass is 131 g/mol. The van der Waals surface area contributed by atoms with Crippen LogP contribution in [0.2, 0.25) is 0 Å². The average molecular weight is 131 g/mol. The first-order valence-corrected chi connectivity index (χ1v) is 3.27. The second kappa shape index (κ2) is 2.64. The maximum Gasteiger partial charge on any atom is 0.183 e. The van der Waals surface area contributed by atoms with Crippen LogP contribution in [0.3, 0.4) is 0 Å². The molecule has 0 aromatic heterocycles. The van der Waals surface area contributed by atoms with E-state index in [1.54, 1.807) is 0 Å². The quantitative estimate of drug-likeness (QED) is 0.517. The Labute approximate surface area is 55.0 Å². The molecule has 54 valence electrons. The van der Waals surface area contributed by atoms with Crippen molar-refractivity contribution in [2.45, 2.75) is 32.3 Å². The largest absolute Gasteiger partial charge is 0.366 e. The highest BCUT2D eigenvalue weighted by atomic mass is 16.7. The smallest absolute Gasteiger partial charge is 0.183 e. The zero-order chi connectivity index (χ0) is 6.85. The molecule has 1 fully saturated rings. The van der Waals surface area contributed by atoms with Gasteiger partial charge in [0.15, 0.2) is 6.29 Å². The predicted octanol–water partition coefficient (Wildman–Crippen LogP) is -0.298. The molecule has 0 spiro atoms. The van der Waals surface area contributed by atoms with Gasteiger partial charge in [-0.3, -0.25) is 0 Å². The van der Waals surface area contributed by atoms with E-state index >= 15 is 0 Å². The molecule has 9 heavy (non-hydrogen) atoms. The summed E-state index contributed by atoms with van der Waals surface area (Å²) in [6, 6.07) is 0.474. The molecule has 2 atom stereocenters. The molecule has 1 rings (SSSR count). The Bertz CT molecular complexity index is 95.1. The van der Waals surface area contributed by atoms with Crippen molar-refractivity contribution in [2.24, 2.45) is 0 Å². The standard InChI is InChI=1S/C6H13NO2/c1-4(2)7-3-5-6(8)9-5/h4-8H,3H2,1-2H3. The summed E-state index contributed by atoms with van der Waals surface area (Å²) >= 11 is 0. The number of nitrogens with one attached hydrogen (secondary N) is 1. The Morgan fingerprint density at radius 2 is 2.22 bits per heavy atom. The summed E-state index contributed by atoms with van der Waals surface area (Å²) in [4.78, 5) is 0. The van der Waals surface area contributed by atoms with Gasteiger partial charge in [-0.1, -0.05) is 13.8 Å². The molecule has 3 heteroatoms. The normalized spacial score (nSPS) is 33.3. The molecule has 0 saturated carbocycles. The minimum absolute atomic E-state index is 0.0485. The fraction of sp³-hybridized carbons (Fsp3) is 1.00. The van der Waals surface area contributed by atoms with Crippen LogP contribution < -0.4 is 5.32 Å². The minimum atomic E-state index is -0.503. The maximum absolute atomic E-state index is 8.68. The highest BCUT2D eigenvalue weighted by molar-refractivity contribution is 4.77. The second-order valence-electron chi connectivity index (χ2n) is 2.63. The van der Waals surface area contributed by atoms with Crippen LogP contribution in [0.5, 0.6) is 0 Å². The van der Waals surface area contributed by atoms with E-state index in [1.165, 1.54) is 0 Å². The minimum Gasteiger partial charge on any atom is -0.366 e. The SMILES string of the molecule is CC(C)NCC1OC1O. The number of hydrogen-bond acceptors (Lipinski definition) is 3. The van der Waals surface area contributed by atoms with Crippen LogP contribution in [-0.2, 0) is 4.74 Å². The fourth-order valence-corrected chi connectivity index (χ4v) is 0.635. The van der Waals surface area contributed by atoms with Gasteiger partial charge in [0, 0.05) is 12.6 Å². The average Bonchev–Trinajstić information content (AvgIpc) is 2.42. The van der Waals surface area contributed by atoms with E-state index in [0.29, 0.717) is 6.04 Å². The Morgan fingerprint density at radius 1 is 1.67 bits per heavy atom. The summed E-state index contributed by atoms with van der Waals surface area (Å²) in [5.74, 6) is 0. The number of hydrogen-bond donors (Lipinski definition) is 2. The molecule has 1 aliphatic heterocycles. The Morgan fingerprint density at radius 3 is 2.56 bits per heavy atom. The molecule has 1 heterocycles. The van der Waals surface area contributed by atoms with Gasteiger partial charge in [0.1, 0.15) is 6.10 Å². The van der Waals surface area contributed by atoms with Gasteiger partial charge >= 0.3 is 0 Å². The Hall–Kier alpha value is -0.120. The molecule has 0 amide bonds. The molecule has 1 aliphatic rings. The zero-order valence-corrected chi connectivity index (χ0v) is 5.79. The highest BCUT2D eigenvalue weighted by Crippen LogP contribution is 2.16. The lowest BCUT2D eigenvalue weighted by atomic mass is 10.3. The van der Waals surface area contributed by atoms with Gasteiger partial charge in [0.05, 0.1) is 0 Å². The van der Waals surface area contributed by atoms with E-state index in [0.717, 1.165) is 6.54 Å². The Balaban J connectivity index is 1.94. The molecule has 2 N–H and O–H groups in total. The summed E-state index contributed by atoms with van der Waals surface area (Å²) in [5.41, 5.74) is 0. The van der Waals surface area contributed by atoms with E-state index in [9.17, 15) is 0 Å². The van der Waals surface area contributed by atoms with Crippen molar-refractivity contribution in [1.29, 1.82) is 0 Å². The number of aliphatic hydroxyl groups excluding tert-OH is 1. The van der Waals surface area contributed by atoms with Crippen molar-refractivity contribution in [2.75, 3.05) is 6.54 Å². The third-order valence-electron chi connectivity index (χ3n) is 1.28.